The van der Waals surface area contributed by atoms with Gasteiger partial charge < -0.3 is 15.0 Å². The second kappa shape index (κ2) is 9.15. The van der Waals surface area contributed by atoms with E-state index in [1.807, 2.05) is 30.7 Å². The summed E-state index contributed by atoms with van der Waals surface area (Å²) in [6, 6.07) is 0. The molecule has 4 nitrogen and oxygen atoms in total. The first-order valence-corrected chi connectivity index (χ1v) is 6.99. The van der Waals surface area contributed by atoms with Crippen LogP contribution < -0.4 is 5.73 Å². The van der Waals surface area contributed by atoms with Crippen molar-refractivity contribution in [1.29, 1.82) is 0 Å². The largest absolute Gasteiger partial charge is 0.374 e. The molecule has 0 saturated carbocycles. The number of imidazole rings is 1. The first-order valence-electron chi connectivity index (χ1n) is 6.99. The van der Waals surface area contributed by atoms with E-state index in [0.29, 0.717) is 5.95 Å². The highest BCUT2D eigenvalue weighted by Gasteiger charge is 1.99. The molecule has 0 aliphatic rings. The maximum Gasteiger partial charge on any atom is 0.200 e. The lowest BCUT2D eigenvalue weighted by Gasteiger charge is -2.09. The summed E-state index contributed by atoms with van der Waals surface area (Å²) in [7, 11) is 0. The van der Waals surface area contributed by atoms with Crippen LogP contribution in [0.4, 0.5) is 5.95 Å². The molecule has 0 spiro atoms. The lowest BCUT2D eigenvalue weighted by molar-refractivity contribution is 0.0936. The summed E-state index contributed by atoms with van der Waals surface area (Å²) in [6.07, 6.45) is 13.7. The Morgan fingerprint density at radius 3 is 3.00 bits per heavy atom. The van der Waals surface area contributed by atoms with Crippen molar-refractivity contribution < 1.29 is 4.74 Å². The Morgan fingerprint density at radius 1 is 1.55 bits per heavy atom. The zero-order valence-electron chi connectivity index (χ0n) is 12.5. The van der Waals surface area contributed by atoms with Gasteiger partial charge in [-0.05, 0) is 26.7 Å². The number of nitrogen functional groups attached to an aromatic ring is 1. The predicted molar refractivity (Wildman–Crippen MR) is 84.4 cm³/mol. The minimum absolute atomic E-state index is 0.126. The smallest absolute Gasteiger partial charge is 0.200 e. The summed E-state index contributed by atoms with van der Waals surface area (Å²) in [5.41, 5.74) is 6.87. The lowest BCUT2D eigenvalue weighted by Crippen LogP contribution is -2.07. The summed E-state index contributed by atoms with van der Waals surface area (Å²) in [5, 5.41) is 0. The SMILES string of the molecule is C=C/C=C(C)\C=C/C(C)OCCCCn1ccnc1N. The Labute approximate surface area is 121 Å². The minimum Gasteiger partial charge on any atom is -0.374 e. The van der Waals surface area contributed by atoms with E-state index in [4.69, 9.17) is 10.5 Å². The number of nitrogens with zero attached hydrogens (tertiary/aromatic N) is 2. The number of anilines is 1. The van der Waals surface area contributed by atoms with E-state index in [2.05, 4.69) is 23.7 Å². The van der Waals surface area contributed by atoms with E-state index in [-0.39, 0.29) is 6.10 Å². The first-order chi connectivity index (χ1) is 9.63. The molecule has 1 aromatic rings. The molecule has 20 heavy (non-hydrogen) atoms. The van der Waals surface area contributed by atoms with Gasteiger partial charge in [-0.25, -0.2) is 4.98 Å². The monoisotopic (exact) mass is 275 g/mol. The van der Waals surface area contributed by atoms with E-state index < -0.39 is 0 Å². The number of unbranched alkanes of at least 4 members (excludes halogenated alkanes) is 1. The van der Waals surface area contributed by atoms with Gasteiger partial charge in [0, 0.05) is 25.5 Å². The van der Waals surface area contributed by atoms with Gasteiger partial charge in [-0.15, -0.1) is 0 Å². The van der Waals surface area contributed by atoms with Crippen molar-refractivity contribution in [2.24, 2.45) is 0 Å². The molecule has 0 aliphatic heterocycles. The predicted octanol–water partition coefficient (Wildman–Crippen LogP) is 3.34. The topological polar surface area (TPSA) is 53.1 Å². The molecule has 0 saturated heterocycles. The van der Waals surface area contributed by atoms with Crippen molar-refractivity contribution in [2.45, 2.75) is 39.3 Å². The molecular formula is C16H25N3O. The molecule has 1 aromatic heterocycles. The number of nitrogens with two attached hydrogens (primary N) is 1. The molecule has 110 valence electrons. The molecule has 1 heterocycles. The molecule has 1 unspecified atom stereocenters. The van der Waals surface area contributed by atoms with Gasteiger partial charge in [0.15, 0.2) is 5.95 Å². The highest BCUT2D eigenvalue weighted by Crippen LogP contribution is 2.04. The van der Waals surface area contributed by atoms with Crippen molar-refractivity contribution in [3.8, 4) is 0 Å². The van der Waals surface area contributed by atoms with E-state index in [1.165, 1.54) is 5.57 Å². The fourth-order valence-corrected chi connectivity index (χ4v) is 1.77. The van der Waals surface area contributed by atoms with E-state index in [9.17, 15) is 0 Å². The summed E-state index contributed by atoms with van der Waals surface area (Å²) in [4.78, 5) is 3.99. The quantitative estimate of drug-likeness (QED) is 0.555. The van der Waals surface area contributed by atoms with Crippen LogP contribution in [-0.2, 0) is 11.3 Å². The van der Waals surface area contributed by atoms with Gasteiger partial charge in [0.05, 0.1) is 6.10 Å². The second-order valence-corrected chi connectivity index (χ2v) is 4.77. The Kier molecular flexibility index (Phi) is 7.43. The number of ether oxygens (including phenoxy) is 1. The number of aryl methyl sites for hydroxylation is 1. The van der Waals surface area contributed by atoms with Crippen molar-refractivity contribution in [3.63, 3.8) is 0 Å². The van der Waals surface area contributed by atoms with Crippen LogP contribution >= 0.6 is 0 Å². The van der Waals surface area contributed by atoms with E-state index in [1.54, 1.807) is 12.3 Å². The second-order valence-electron chi connectivity index (χ2n) is 4.77. The molecule has 0 aliphatic carbocycles. The molecular weight excluding hydrogens is 250 g/mol. The molecule has 0 amide bonds. The normalized spacial score (nSPS) is 13.8. The number of aromatic nitrogens is 2. The fourth-order valence-electron chi connectivity index (χ4n) is 1.77. The van der Waals surface area contributed by atoms with Crippen LogP contribution in [0.15, 0.2) is 48.8 Å². The van der Waals surface area contributed by atoms with Crippen molar-refractivity contribution in [3.05, 3.63) is 48.8 Å². The summed E-state index contributed by atoms with van der Waals surface area (Å²) in [6.45, 7) is 9.40. The van der Waals surface area contributed by atoms with Gasteiger partial charge in [0.1, 0.15) is 0 Å². The van der Waals surface area contributed by atoms with Crippen LogP contribution in [0.1, 0.15) is 26.7 Å². The van der Waals surface area contributed by atoms with Gasteiger partial charge in [-0.1, -0.05) is 36.5 Å². The Hall–Kier alpha value is -1.81. The minimum atomic E-state index is 0.126. The average molecular weight is 275 g/mol. The standard InChI is InChI=1S/C16H25N3O/c1-4-7-14(2)8-9-15(3)20-13-6-5-11-19-12-10-18-16(19)17/h4,7-10,12,15H,1,5-6,11,13H2,2-3H3,(H2,17,18)/b9-8-,14-7-. The maximum atomic E-state index is 5.72. The van der Waals surface area contributed by atoms with Gasteiger partial charge in [-0.2, -0.15) is 0 Å². The molecule has 0 fully saturated rings. The Morgan fingerprint density at radius 2 is 2.35 bits per heavy atom. The van der Waals surface area contributed by atoms with Crippen molar-refractivity contribution >= 4 is 5.95 Å². The first kappa shape index (κ1) is 16.2. The maximum absolute atomic E-state index is 5.72. The zero-order valence-corrected chi connectivity index (χ0v) is 12.5. The molecule has 1 atom stereocenters. The van der Waals surface area contributed by atoms with Crippen molar-refractivity contribution in [2.75, 3.05) is 12.3 Å². The van der Waals surface area contributed by atoms with Gasteiger partial charge in [0.25, 0.3) is 0 Å². The summed E-state index contributed by atoms with van der Waals surface area (Å²) < 4.78 is 7.68. The Balaban J connectivity index is 2.13. The number of hydrogen-bond acceptors (Lipinski definition) is 3. The molecule has 1 rings (SSSR count). The average Bonchev–Trinajstić information content (AvgIpc) is 2.82. The molecule has 0 bridgehead atoms. The van der Waals surface area contributed by atoms with Crippen LogP contribution in [0.3, 0.4) is 0 Å². The number of allylic oxidation sites excluding steroid dienone is 4. The van der Waals surface area contributed by atoms with Crippen LogP contribution in [0.5, 0.6) is 0 Å². The van der Waals surface area contributed by atoms with Crippen LogP contribution in [0.2, 0.25) is 0 Å². The van der Waals surface area contributed by atoms with Crippen molar-refractivity contribution in [1.82, 2.24) is 9.55 Å². The number of hydrogen-bond donors (Lipinski definition) is 1. The highest BCUT2D eigenvalue weighted by atomic mass is 16.5. The van der Waals surface area contributed by atoms with Crippen LogP contribution in [-0.4, -0.2) is 22.3 Å². The van der Waals surface area contributed by atoms with E-state index >= 15 is 0 Å². The zero-order chi connectivity index (χ0) is 14.8. The van der Waals surface area contributed by atoms with Gasteiger partial charge in [0.2, 0.25) is 0 Å². The van der Waals surface area contributed by atoms with Gasteiger partial charge >= 0.3 is 0 Å². The third-order valence-corrected chi connectivity index (χ3v) is 2.93. The van der Waals surface area contributed by atoms with Gasteiger partial charge in [-0.3, -0.25) is 0 Å². The third-order valence-electron chi connectivity index (χ3n) is 2.93. The molecule has 0 aromatic carbocycles. The summed E-state index contributed by atoms with van der Waals surface area (Å²) in [5.74, 6) is 0.576. The third kappa shape index (κ3) is 6.38. The summed E-state index contributed by atoms with van der Waals surface area (Å²) >= 11 is 0. The molecule has 2 N–H and O–H groups in total. The Bertz CT molecular complexity index is 460. The van der Waals surface area contributed by atoms with E-state index in [0.717, 1.165) is 26.0 Å². The van der Waals surface area contributed by atoms with Crippen LogP contribution in [0, 0.1) is 0 Å². The highest BCUT2D eigenvalue weighted by molar-refractivity contribution is 5.21. The number of rotatable bonds is 9. The molecule has 4 heteroatoms. The lowest BCUT2D eigenvalue weighted by atomic mass is 10.2. The molecule has 0 radical (unpaired) electrons. The fraction of sp³-hybridized carbons (Fsp3) is 0.438. The van der Waals surface area contributed by atoms with Crippen LogP contribution in [0.25, 0.3) is 0 Å².